The van der Waals surface area contributed by atoms with Crippen LogP contribution in [-0.2, 0) is 6.54 Å². The van der Waals surface area contributed by atoms with Gasteiger partial charge in [0.15, 0.2) is 0 Å². The molecule has 1 aromatic heterocycles. The van der Waals surface area contributed by atoms with E-state index in [-0.39, 0.29) is 23.9 Å². The Hall–Kier alpha value is -4.20. The van der Waals surface area contributed by atoms with E-state index in [4.69, 9.17) is 0 Å². The summed E-state index contributed by atoms with van der Waals surface area (Å²) in [4.78, 5) is 14.6. The zero-order valence-electron chi connectivity index (χ0n) is 19.4. The number of carbonyl (C=O) groups is 1. The molecule has 8 heteroatoms. The number of aromatic nitrogens is 2. The topological polar surface area (TPSA) is 62.2 Å². The minimum Gasteiger partial charge on any atom is -0.368 e. The number of carbonyl (C=O) groups excluding carboxylic acids is 1. The van der Waals surface area contributed by atoms with Crippen LogP contribution in [0.25, 0.3) is 11.3 Å². The number of piperidine rings is 1. The van der Waals surface area contributed by atoms with Gasteiger partial charge >= 0.3 is 6.03 Å². The summed E-state index contributed by atoms with van der Waals surface area (Å²) in [5.74, 6) is -0.606. The maximum absolute atomic E-state index is 14.1. The third kappa shape index (κ3) is 4.54. The summed E-state index contributed by atoms with van der Waals surface area (Å²) in [5.41, 5.74) is 4.02. The fourth-order valence-corrected chi connectivity index (χ4v) is 5.12. The first-order valence-electron chi connectivity index (χ1n) is 12.0. The Morgan fingerprint density at radius 1 is 0.944 bits per heavy atom. The Bertz CT molecular complexity index is 1390. The number of fused-ring (bicyclic) bond motifs is 1. The molecule has 2 aliphatic rings. The minimum absolute atomic E-state index is 0.0571. The number of rotatable bonds is 6. The van der Waals surface area contributed by atoms with E-state index >= 15 is 0 Å². The number of hydrogen-bond donors (Lipinski definition) is 2. The zero-order valence-corrected chi connectivity index (χ0v) is 19.4. The molecule has 182 valence electrons. The average molecular weight is 486 g/mol. The van der Waals surface area contributed by atoms with Crippen molar-refractivity contribution in [2.24, 2.45) is 11.8 Å². The van der Waals surface area contributed by atoms with Crippen molar-refractivity contribution in [2.75, 3.05) is 23.3 Å². The monoisotopic (exact) mass is 485 g/mol. The van der Waals surface area contributed by atoms with Gasteiger partial charge in [0, 0.05) is 54.5 Å². The number of nitrogens with zero attached hydrogens (tertiary/aromatic N) is 3. The Balaban J connectivity index is 1.04. The first-order chi connectivity index (χ1) is 17.5. The van der Waals surface area contributed by atoms with Gasteiger partial charge in [-0.1, -0.05) is 42.5 Å². The summed E-state index contributed by atoms with van der Waals surface area (Å²) in [6.07, 6.45) is 1.95. The Morgan fingerprint density at radius 3 is 2.53 bits per heavy atom. The van der Waals surface area contributed by atoms with E-state index in [0.717, 1.165) is 17.3 Å². The fourth-order valence-electron chi connectivity index (χ4n) is 5.12. The van der Waals surface area contributed by atoms with E-state index in [1.807, 2.05) is 64.3 Å². The summed E-state index contributed by atoms with van der Waals surface area (Å²) in [7, 11) is 0. The molecule has 6 nitrogen and oxygen atoms in total. The second-order valence-corrected chi connectivity index (χ2v) is 9.42. The van der Waals surface area contributed by atoms with Gasteiger partial charge in [-0.2, -0.15) is 5.10 Å². The highest BCUT2D eigenvalue weighted by Crippen LogP contribution is 2.47. The van der Waals surface area contributed by atoms with E-state index in [1.54, 1.807) is 0 Å². The first kappa shape index (κ1) is 22.3. The lowest BCUT2D eigenvalue weighted by molar-refractivity contribution is 0.250. The predicted octanol–water partition coefficient (Wildman–Crippen LogP) is 5.13. The second kappa shape index (κ2) is 9.11. The van der Waals surface area contributed by atoms with Crippen LogP contribution < -0.4 is 15.5 Å². The molecule has 1 aliphatic heterocycles. The molecule has 0 spiro atoms. The Morgan fingerprint density at radius 2 is 1.75 bits per heavy atom. The molecule has 1 saturated heterocycles. The van der Waals surface area contributed by atoms with Gasteiger partial charge < -0.3 is 15.5 Å². The quantitative estimate of drug-likeness (QED) is 0.398. The lowest BCUT2D eigenvalue weighted by atomic mass is 10.1. The number of hydrogen-bond acceptors (Lipinski definition) is 3. The minimum atomic E-state index is -0.582. The standard InChI is InChI=1S/C28H25F2N5O/c29-20-9-10-26(24(30)14-20)34-16-22-23(17-34)27(22)32-28(36)31-21-8-4-7-19(13-21)25-11-12-35(33-25)15-18-5-2-1-3-6-18/h1-14,22-23,27H,15-17H2,(H2,31,32,36)/t22-,23+,27+. The van der Waals surface area contributed by atoms with Gasteiger partial charge in [0.25, 0.3) is 0 Å². The molecule has 2 heterocycles. The number of nitrogens with one attached hydrogen (secondary N) is 2. The molecule has 3 aromatic carbocycles. The molecule has 0 unspecified atom stereocenters. The largest absolute Gasteiger partial charge is 0.368 e. The van der Waals surface area contributed by atoms with Crippen LogP contribution in [0.4, 0.5) is 25.0 Å². The van der Waals surface area contributed by atoms with Crippen LogP contribution in [0.2, 0.25) is 0 Å². The van der Waals surface area contributed by atoms with Crippen molar-refractivity contribution in [1.29, 1.82) is 0 Å². The van der Waals surface area contributed by atoms with Crippen LogP contribution in [0, 0.1) is 23.5 Å². The molecule has 6 rings (SSSR count). The highest BCUT2D eigenvalue weighted by Gasteiger charge is 2.56. The summed E-state index contributed by atoms with van der Waals surface area (Å²) >= 11 is 0. The molecule has 2 N–H and O–H groups in total. The third-order valence-corrected chi connectivity index (χ3v) is 6.99. The summed E-state index contributed by atoms with van der Waals surface area (Å²) < 4.78 is 29.2. The lowest BCUT2D eigenvalue weighted by Gasteiger charge is -2.23. The van der Waals surface area contributed by atoms with Crippen molar-refractivity contribution in [3.8, 4) is 11.3 Å². The van der Waals surface area contributed by atoms with Crippen molar-refractivity contribution in [3.63, 3.8) is 0 Å². The van der Waals surface area contributed by atoms with E-state index in [2.05, 4.69) is 27.9 Å². The number of halogens is 2. The van der Waals surface area contributed by atoms with E-state index in [0.29, 0.717) is 31.0 Å². The maximum atomic E-state index is 14.1. The van der Waals surface area contributed by atoms with Crippen molar-refractivity contribution >= 4 is 17.4 Å². The van der Waals surface area contributed by atoms with Crippen LogP contribution in [0.3, 0.4) is 0 Å². The van der Waals surface area contributed by atoms with E-state index in [9.17, 15) is 13.6 Å². The molecule has 4 aromatic rings. The van der Waals surface area contributed by atoms with Crippen molar-refractivity contribution < 1.29 is 13.6 Å². The van der Waals surface area contributed by atoms with Gasteiger partial charge in [-0.15, -0.1) is 0 Å². The molecule has 0 bridgehead atoms. The number of anilines is 2. The van der Waals surface area contributed by atoms with Gasteiger partial charge in [-0.05, 0) is 35.9 Å². The van der Waals surface area contributed by atoms with Crippen molar-refractivity contribution in [2.45, 2.75) is 12.6 Å². The molecule has 36 heavy (non-hydrogen) atoms. The molecule has 0 radical (unpaired) electrons. The average Bonchev–Trinajstić information content (AvgIpc) is 3.22. The van der Waals surface area contributed by atoms with Gasteiger partial charge in [-0.3, -0.25) is 4.68 Å². The SMILES string of the molecule is O=C(Nc1cccc(-c2ccn(Cc3ccccc3)n2)c1)N[C@H]1[C@@H]2CN(c3ccc(F)cc3F)C[C@@H]21. The molecular weight excluding hydrogens is 460 g/mol. The molecular formula is C28H25F2N5O. The number of amides is 2. The summed E-state index contributed by atoms with van der Waals surface area (Å²) in [6, 6.07) is 23.2. The second-order valence-electron chi connectivity index (χ2n) is 9.42. The van der Waals surface area contributed by atoms with E-state index in [1.165, 1.54) is 17.7 Å². The van der Waals surface area contributed by atoms with Crippen molar-refractivity contribution in [3.05, 3.63) is 102 Å². The lowest BCUT2D eigenvalue weighted by Crippen LogP contribution is -2.37. The normalized spacial score (nSPS) is 20.2. The predicted molar refractivity (Wildman–Crippen MR) is 135 cm³/mol. The van der Waals surface area contributed by atoms with Gasteiger partial charge in [0.2, 0.25) is 0 Å². The highest BCUT2D eigenvalue weighted by atomic mass is 19.1. The number of benzene rings is 3. The molecule has 1 saturated carbocycles. The Kier molecular flexibility index (Phi) is 5.64. The summed E-state index contributed by atoms with van der Waals surface area (Å²) in [5, 5.41) is 10.6. The zero-order chi connectivity index (χ0) is 24.6. The highest BCUT2D eigenvalue weighted by molar-refractivity contribution is 5.90. The van der Waals surface area contributed by atoms with Crippen LogP contribution in [0.15, 0.2) is 85.1 Å². The Labute approximate surface area is 207 Å². The smallest absolute Gasteiger partial charge is 0.319 e. The fraction of sp³-hybridized carbons (Fsp3) is 0.214. The number of urea groups is 1. The van der Waals surface area contributed by atoms with Gasteiger partial charge in [0.1, 0.15) is 11.6 Å². The van der Waals surface area contributed by atoms with E-state index < -0.39 is 11.6 Å². The van der Waals surface area contributed by atoms with Gasteiger partial charge in [-0.25, -0.2) is 13.6 Å². The maximum Gasteiger partial charge on any atom is 0.319 e. The van der Waals surface area contributed by atoms with Crippen LogP contribution >= 0.6 is 0 Å². The van der Waals surface area contributed by atoms with Crippen molar-refractivity contribution in [1.82, 2.24) is 15.1 Å². The molecule has 2 fully saturated rings. The summed E-state index contributed by atoms with van der Waals surface area (Å²) in [6.45, 7) is 1.97. The first-order valence-corrected chi connectivity index (χ1v) is 12.0. The molecule has 2 amide bonds. The van der Waals surface area contributed by atoms with Crippen LogP contribution in [0.1, 0.15) is 5.56 Å². The van der Waals surface area contributed by atoms with Gasteiger partial charge in [0.05, 0.1) is 17.9 Å². The van der Waals surface area contributed by atoms with Crippen LogP contribution in [-0.4, -0.2) is 34.9 Å². The molecule has 1 aliphatic carbocycles. The third-order valence-electron chi connectivity index (χ3n) is 6.99. The van der Waals surface area contributed by atoms with Crippen LogP contribution in [0.5, 0.6) is 0 Å². The molecule has 3 atom stereocenters.